The second kappa shape index (κ2) is 14.0. The van der Waals surface area contributed by atoms with Gasteiger partial charge in [-0.3, -0.25) is 9.59 Å². The molecule has 6 nitrogen and oxygen atoms in total. The van der Waals surface area contributed by atoms with Crippen LogP contribution < -0.4 is 11.1 Å². The lowest BCUT2D eigenvalue weighted by atomic mass is 10.2. The largest absolute Gasteiger partial charge is 0.463 e. The van der Waals surface area contributed by atoms with Gasteiger partial charge in [0.2, 0.25) is 5.91 Å². The molecule has 0 rings (SSSR count). The van der Waals surface area contributed by atoms with Gasteiger partial charge in [0.05, 0.1) is 18.8 Å². The first kappa shape index (κ1) is 21.3. The number of methoxy groups -OCH3 is 1. The molecule has 0 aromatic heterocycles. The number of hydrogen-bond donors (Lipinski definition) is 2. The zero-order chi connectivity index (χ0) is 17.5. The molecule has 6 heteroatoms. The van der Waals surface area contributed by atoms with Crippen LogP contribution in [-0.2, 0) is 19.1 Å². The molecule has 0 aliphatic carbocycles. The highest BCUT2D eigenvalue weighted by Crippen LogP contribution is 2.02. The fourth-order valence-corrected chi connectivity index (χ4v) is 1.79. The van der Waals surface area contributed by atoms with Gasteiger partial charge in [-0.2, -0.15) is 0 Å². The molecule has 1 atom stereocenters. The molecule has 0 heterocycles. The number of unbranched alkanes of at least 4 members (excludes halogenated alkanes) is 2. The molecule has 0 saturated heterocycles. The van der Waals surface area contributed by atoms with E-state index in [9.17, 15) is 9.59 Å². The van der Waals surface area contributed by atoms with E-state index in [1.165, 1.54) is 0 Å². The summed E-state index contributed by atoms with van der Waals surface area (Å²) in [6.07, 6.45) is 9.46. The van der Waals surface area contributed by atoms with Gasteiger partial charge < -0.3 is 20.5 Å². The van der Waals surface area contributed by atoms with Gasteiger partial charge in [-0.25, -0.2) is 0 Å². The summed E-state index contributed by atoms with van der Waals surface area (Å²) in [5, 5.41) is 1.97. The van der Waals surface area contributed by atoms with E-state index in [2.05, 4.69) is 6.92 Å². The number of allylic oxidation sites excluding steroid dienone is 2. The van der Waals surface area contributed by atoms with Crippen LogP contribution >= 0.6 is 0 Å². The molecule has 0 spiro atoms. The van der Waals surface area contributed by atoms with Gasteiger partial charge in [0.25, 0.3) is 0 Å². The van der Waals surface area contributed by atoms with Crippen LogP contribution in [0.4, 0.5) is 0 Å². The number of ether oxygens (including phenoxy) is 2. The topological polar surface area (TPSA) is 95.2 Å². The van der Waals surface area contributed by atoms with Gasteiger partial charge in [0, 0.05) is 25.5 Å². The van der Waals surface area contributed by atoms with Crippen molar-refractivity contribution in [2.45, 2.75) is 52.1 Å². The number of hydrogen-bond acceptors (Lipinski definition) is 4. The van der Waals surface area contributed by atoms with Crippen LogP contribution in [0, 0.1) is 0 Å². The number of rotatable bonds is 13. The first-order valence-corrected chi connectivity index (χ1v) is 8.16. The van der Waals surface area contributed by atoms with Crippen molar-refractivity contribution in [1.82, 2.24) is 0 Å². The summed E-state index contributed by atoms with van der Waals surface area (Å²) in [4.78, 5) is 22.3. The molecule has 0 unspecified atom stereocenters. The van der Waals surface area contributed by atoms with Gasteiger partial charge in [-0.15, -0.1) is 0 Å². The van der Waals surface area contributed by atoms with E-state index >= 15 is 0 Å². The highest BCUT2D eigenvalue weighted by Gasteiger charge is 2.11. The molecule has 0 radical (unpaired) electrons. The van der Waals surface area contributed by atoms with E-state index in [-0.39, 0.29) is 12.1 Å². The summed E-state index contributed by atoms with van der Waals surface area (Å²) < 4.78 is 10.5. The predicted molar refractivity (Wildman–Crippen MR) is 89.4 cm³/mol. The number of carbonyl (C=O) groups excluding carboxylic acids is 2. The normalized spacial score (nSPS) is 13.3. The Hall–Kier alpha value is -1.66. The van der Waals surface area contributed by atoms with Gasteiger partial charge >= 0.3 is 5.97 Å². The smallest absolute Gasteiger partial charge is 0.305 e. The Labute approximate surface area is 139 Å². The summed E-state index contributed by atoms with van der Waals surface area (Å²) in [5.41, 5.74) is 5.63. The average Bonchev–Trinajstić information content (AvgIpc) is 2.53. The summed E-state index contributed by atoms with van der Waals surface area (Å²) in [6.45, 7) is 4.86. The second-order valence-corrected chi connectivity index (χ2v) is 5.41. The van der Waals surface area contributed by atoms with Crippen molar-refractivity contribution in [3.8, 4) is 0 Å². The maximum absolute atomic E-state index is 11.5. The standard InChI is InChI=1S/C17H30N2O4/c1-4-5-6-9-16(20)23-13-15(22-3)10-12-19-11-7-8-14(2)17(18)21/h7-8,11,15,19H,4-6,9-10,12-13H2,1-3H3,(H2,18,21)/p+1/b11-7-,14-8+/t15-/m0/s1. The lowest BCUT2D eigenvalue weighted by Gasteiger charge is -2.14. The molecule has 0 aromatic rings. The molecule has 4 N–H and O–H groups in total. The molecule has 132 valence electrons. The van der Waals surface area contributed by atoms with Gasteiger partial charge in [0.1, 0.15) is 6.61 Å². The van der Waals surface area contributed by atoms with Crippen LogP contribution in [-0.4, -0.2) is 38.2 Å². The van der Waals surface area contributed by atoms with Crippen LogP contribution in [0.3, 0.4) is 0 Å². The third-order valence-electron chi connectivity index (χ3n) is 3.39. The Balaban J connectivity index is 3.85. The number of carbonyl (C=O) groups is 2. The minimum atomic E-state index is -0.421. The number of esters is 1. The number of amides is 1. The minimum Gasteiger partial charge on any atom is -0.463 e. The van der Waals surface area contributed by atoms with Gasteiger partial charge in [0.15, 0.2) is 0 Å². The van der Waals surface area contributed by atoms with Crippen LogP contribution in [0.2, 0.25) is 0 Å². The molecule has 0 bridgehead atoms. The SMILES string of the molecule is CCCCCC(=O)OC[C@H](CC[NH2+]/C=C\C=C(/C)C(N)=O)OC. The van der Waals surface area contributed by atoms with Gasteiger partial charge in [-0.1, -0.05) is 19.8 Å². The minimum absolute atomic E-state index is 0.0994. The van der Waals surface area contributed by atoms with E-state index in [4.69, 9.17) is 15.2 Å². The summed E-state index contributed by atoms with van der Waals surface area (Å²) in [7, 11) is 1.62. The van der Waals surface area contributed by atoms with E-state index in [0.717, 1.165) is 32.2 Å². The summed E-state index contributed by atoms with van der Waals surface area (Å²) in [5.74, 6) is -0.578. The number of quaternary nitrogens is 1. The molecule has 1 amide bonds. The van der Waals surface area contributed by atoms with Crippen molar-refractivity contribution in [1.29, 1.82) is 0 Å². The third kappa shape index (κ3) is 12.6. The first-order chi connectivity index (χ1) is 11.0. The molecule has 0 aliphatic heterocycles. The van der Waals surface area contributed by atoms with Crippen LogP contribution in [0.25, 0.3) is 0 Å². The Morgan fingerprint density at radius 1 is 1.30 bits per heavy atom. The van der Waals surface area contributed by atoms with Crippen molar-refractivity contribution in [3.63, 3.8) is 0 Å². The zero-order valence-corrected chi connectivity index (χ0v) is 14.5. The van der Waals surface area contributed by atoms with Crippen molar-refractivity contribution < 1.29 is 24.4 Å². The lowest BCUT2D eigenvalue weighted by molar-refractivity contribution is -0.589. The number of nitrogens with two attached hydrogens (primary N) is 2. The van der Waals surface area contributed by atoms with Crippen molar-refractivity contribution in [2.75, 3.05) is 20.3 Å². The molecular weight excluding hydrogens is 296 g/mol. The zero-order valence-electron chi connectivity index (χ0n) is 14.5. The molecular formula is C17H31N2O4+. The van der Waals surface area contributed by atoms with E-state index in [1.54, 1.807) is 26.2 Å². The average molecular weight is 327 g/mol. The van der Waals surface area contributed by atoms with Crippen molar-refractivity contribution in [2.24, 2.45) is 5.73 Å². The summed E-state index contributed by atoms with van der Waals surface area (Å²) >= 11 is 0. The Kier molecular flexibility index (Phi) is 13.0. The molecule has 0 saturated carbocycles. The summed E-state index contributed by atoms with van der Waals surface area (Å²) in [6, 6.07) is 0. The second-order valence-electron chi connectivity index (χ2n) is 5.41. The highest BCUT2D eigenvalue weighted by atomic mass is 16.6. The van der Waals surface area contributed by atoms with Gasteiger partial charge in [-0.05, 0) is 25.5 Å². The quantitative estimate of drug-likeness (QED) is 0.228. The highest BCUT2D eigenvalue weighted by molar-refractivity contribution is 5.91. The molecule has 0 aliphatic rings. The Bertz CT molecular complexity index is 405. The Morgan fingerprint density at radius 2 is 2.04 bits per heavy atom. The van der Waals surface area contributed by atoms with E-state index in [1.807, 2.05) is 11.5 Å². The van der Waals surface area contributed by atoms with Crippen molar-refractivity contribution >= 4 is 11.9 Å². The van der Waals surface area contributed by atoms with Crippen LogP contribution in [0.15, 0.2) is 23.9 Å². The molecule has 0 fully saturated rings. The number of primary amides is 1. The van der Waals surface area contributed by atoms with Crippen LogP contribution in [0.1, 0.15) is 46.0 Å². The predicted octanol–water partition coefficient (Wildman–Crippen LogP) is 1.02. The van der Waals surface area contributed by atoms with E-state index in [0.29, 0.717) is 18.6 Å². The lowest BCUT2D eigenvalue weighted by Crippen LogP contribution is -2.78. The third-order valence-corrected chi connectivity index (χ3v) is 3.39. The molecule has 23 heavy (non-hydrogen) atoms. The fraction of sp³-hybridized carbons (Fsp3) is 0.647. The van der Waals surface area contributed by atoms with Crippen molar-refractivity contribution in [3.05, 3.63) is 23.9 Å². The maximum atomic E-state index is 11.5. The molecule has 0 aromatic carbocycles. The van der Waals surface area contributed by atoms with Crippen LogP contribution in [0.5, 0.6) is 0 Å². The monoisotopic (exact) mass is 327 g/mol. The fourth-order valence-electron chi connectivity index (χ4n) is 1.79. The van der Waals surface area contributed by atoms with E-state index < -0.39 is 5.91 Å². The Morgan fingerprint density at radius 3 is 2.65 bits per heavy atom. The first-order valence-electron chi connectivity index (χ1n) is 8.16. The maximum Gasteiger partial charge on any atom is 0.305 e.